The van der Waals surface area contributed by atoms with Crippen molar-refractivity contribution in [3.63, 3.8) is 0 Å². The molecule has 17 heavy (non-hydrogen) atoms. The quantitative estimate of drug-likeness (QED) is 0.605. The number of nitrogens with one attached hydrogen (secondary N) is 1. The summed E-state index contributed by atoms with van der Waals surface area (Å²) in [6.07, 6.45) is -0.965. The topological polar surface area (TPSA) is 130 Å². The first-order valence-electron chi connectivity index (χ1n) is 4.59. The first-order chi connectivity index (χ1) is 7.43. The largest absolute Gasteiger partial charge is 0.480 e. The molecule has 0 spiro atoms. The Labute approximate surface area is 98.7 Å². The first-order valence-corrected chi connectivity index (χ1v) is 6.10. The zero-order valence-corrected chi connectivity index (χ0v) is 10.4. The van der Waals surface area contributed by atoms with Gasteiger partial charge in [0, 0.05) is 0 Å². The van der Waals surface area contributed by atoms with Gasteiger partial charge >= 0.3 is 12.1 Å². The summed E-state index contributed by atoms with van der Waals surface area (Å²) in [5.74, 6) is -1.76. The number of carbonyl (C=O) groups is 2. The number of hydrogen-bond acceptors (Lipinski definition) is 5. The number of amides is 1. The molecule has 100 valence electrons. The minimum absolute atomic E-state index is 0.775. The van der Waals surface area contributed by atoms with Crippen LogP contribution in [0.5, 0.6) is 0 Å². The highest BCUT2D eigenvalue weighted by Gasteiger charge is 2.31. The molecule has 0 aromatic heterocycles. The second-order valence-corrected chi connectivity index (χ2v) is 5.82. The molecule has 0 radical (unpaired) electrons. The molecular weight excluding hydrogens is 254 g/mol. The van der Waals surface area contributed by atoms with Gasteiger partial charge in [0.2, 0.25) is 5.25 Å². The molecule has 0 aromatic rings. The molecule has 0 saturated carbocycles. The van der Waals surface area contributed by atoms with Crippen molar-refractivity contribution in [3.8, 4) is 0 Å². The molecule has 0 fully saturated rings. The summed E-state index contributed by atoms with van der Waals surface area (Å²) in [6.45, 7) is 3.99. The van der Waals surface area contributed by atoms with Gasteiger partial charge in [-0.05, 0) is 20.8 Å². The highest BCUT2D eigenvalue weighted by molar-refractivity contribution is 7.87. The minimum atomic E-state index is -4.77. The molecule has 0 aromatic carbocycles. The van der Waals surface area contributed by atoms with Gasteiger partial charge in [0.1, 0.15) is 5.60 Å². The van der Waals surface area contributed by atoms with Crippen LogP contribution in [0.25, 0.3) is 0 Å². The first kappa shape index (κ1) is 15.7. The number of ether oxygens (including phenoxy) is 1. The van der Waals surface area contributed by atoms with E-state index in [-0.39, 0.29) is 0 Å². The average Bonchev–Trinajstić information content (AvgIpc) is 1.96. The molecule has 0 aliphatic carbocycles. The Hall–Kier alpha value is -1.35. The van der Waals surface area contributed by atoms with Gasteiger partial charge in [0.05, 0.1) is 6.54 Å². The van der Waals surface area contributed by atoms with E-state index in [1.165, 1.54) is 0 Å². The maximum Gasteiger partial charge on any atom is 0.407 e. The molecule has 0 heterocycles. The van der Waals surface area contributed by atoms with E-state index in [4.69, 9.17) is 14.4 Å². The predicted octanol–water partition coefficient (Wildman–Crippen LogP) is -0.148. The summed E-state index contributed by atoms with van der Waals surface area (Å²) < 4.78 is 34.7. The van der Waals surface area contributed by atoms with E-state index < -0.39 is 39.6 Å². The van der Waals surface area contributed by atoms with E-state index in [1.807, 2.05) is 5.32 Å². The van der Waals surface area contributed by atoms with Gasteiger partial charge in [0.25, 0.3) is 10.1 Å². The van der Waals surface area contributed by atoms with Crippen molar-refractivity contribution in [3.05, 3.63) is 0 Å². The summed E-state index contributed by atoms with van der Waals surface area (Å²) >= 11 is 0. The van der Waals surface area contributed by atoms with Crippen molar-refractivity contribution < 1.29 is 32.4 Å². The third-order valence-corrected chi connectivity index (χ3v) is 2.55. The Bertz CT molecular complexity index is 395. The van der Waals surface area contributed by atoms with Crippen LogP contribution in [0.3, 0.4) is 0 Å². The zero-order valence-electron chi connectivity index (χ0n) is 9.63. The van der Waals surface area contributed by atoms with Crippen molar-refractivity contribution in [2.24, 2.45) is 0 Å². The summed E-state index contributed by atoms with van der Waals surface area (Å²) in [5.41, 5.74) is -0.791. The maximum atomic E-state index is 11.1. The van der Waals surface area contributed by atoms with E-state index in [1.54, 1.807) is 20.8 Å². The molecule has 3 N–H and O–H groups in total. The van der Waals surface area contributed by atoms with Gasteiger partial charge < -0.3 is 15.2 Å². The molecule has 0 saturated heterocycles. The molecule has 9 heteroatoms. The molecule has 0 aliphatic heterocycles. The van der Waals surface area contributed by atoms with Gasteiger partial charge in [-0.2, -0.15) is 8.42 Å². The molecule has 1 atom stereocenters. The highest BCUT2D eigenvalue weighted by Crippen LogP contribution is 2.06. The molecule has 0 aliphatic rings. The number of carboxylic acid groups (broad SMARTS) is 1. The monoisotopic (exact) mass is 269 g/mol. The fraction of sp³-hybridized carbons (Fsp3) is 0.750. The lowest BCUT2D eigenvalue weighted by molar-refractivity contribution is -0.136. The van der Waals surface area contributed by atoms with Gasteiger partial charge in [0.15, 0.2) is 0 Å². The van der Waals surface area contributed by atoms with E-state index in [0.29, 0.717) is 0 Å². The van der Waals surface area contributed by atoms with E-state index >= 15 is 0 Å². The van der Waals surface area contributed by atoms with E-state index in [0.717, 1.165) is 0 Å². The molecule has 0 rings (SSSR count). The fourth-order valence-corrected chi connectivity index (χ4v) is 1.36. The Morgan fingerprint density at radius 2 is 1.82 bits per heavy atom. The maximum absolute atomic E-state index is 11.1. The molecule has 1 amide bonds. The van der Waals surface area contributed by atoms with Crippen LogP contribution < -0.4 is 5.32 Å². The van der Waals surface area contributed by atoms with Crippen LogP contribution in [0.15, 0.2) is 0 Å². The molecule has 8 nitrogen and oxygen atoms in total. The Morgan fingerprint density at radius 3 is 2.12 bits per heavy atom. The second kappa shape index (κ2) is 5.32. The van der Waals surface area contributed by atoms with E-state index in [2.05, 4.69) is 0 Å². The van der Waals surface area contributed by atoms with Crippen LogP contribution >= 0.6 is 0 Å². The minimum Gasteiger partial charge on any atom is -0.480 e. The third kappa shape index (κ3) is 6.74. The van der Waals surface area contributed by atoms with Crippen LogP contribution in [0.2, 0.25) is 0 Å². The van der Waals surface area contributed by atoms with Gasteiger partial charge in [-0.3, -0.25) is 9.35 Å². The number of rotatable bonds is 4. The summed E-state index contributed by atoms with van der Waals surface area (Å²) in [6, 6.07) is 0. The summed E-state index contributed by atoms with van der Waals surface area (Å²) in [4.78, 5) is 21.6. The number of hydrogen-bond donors (Lipinski definition) is 3. The van der Waals surface area contributed by atoms with Crippen molar-refractivity contribution in [1.29, 1.82) is 0 Å². The number of aliphatic carboxylic acids is 1. The Balaban J connectivity index is 4.45. The number of carbonyl (C=O) groups excluding carboxylic acids is 1. The lowest BCUT2D eigenvalue weighted by Gasteiger charge is -2.20. The lowest BCUT2D eigenvalue weighted by atomic mass is 10.2. The van der Waals surface area contributed by atoms with E-state index in [9.17, 15) is 18.0 Å². The van der Waals surface area contributed by atoms with Crippen molar-refractivity contribution >= 4 is 22.2 Å². The van der Waals surface area contributed by atoms with Gasteiger partial charge in [-0.1, -0.05) is 0 Å². The predicted molar refractivity (Wildman–Crippen MR) is 57.2 cm³/mol. The summed E-state index contributed by atoms with van der Waals surface area (Å²) in [7, 11) is -4.77. The Morgan fingerprint density at radius 1 is 1.35 bits per heavy atom. The summed E-state index contributed by atoms with van der Waals surface area (Å²) in [5, 5.41) is 8.35. The lowest BCUT2D eigenvalue weighted by Crippen LogP contribution is -2.43. The Kier molecular flexibility index (Phi) is 4.90. The van der Waals surface area contributed by atoms with Crippen molar-refractivity contribution in [2.75, 3.05) is 6.54 Å². The van der Waals surface area contributed by atoms with Crippen LogP contribution in [0, 0.1) is 0 Å². The van der Waals surface area contributed by atoms with Crippen LogP contribution in [0.1, 0.15) is 20.8 Å². The average molecular weight is 269 g/mol. The highest BCUT2D eigenvalue weighted by atomic mass is 32.2. The SMILES string of the molecule is CC(C)(C)OC(=O)NCC(C(=O)O)S(=O)(=O)O. The number of carboxylic acids is 1. The van der Waals surface area contributed by atoms with Crippen molar-refractivity contribution in [2.45, 2.75) is 31.6 Å². The standard InChI is InChI=1S/C8H15NO7S/c1-8(2,3)16-7(12)9-4-5(6(10)11)17(13,14)15/h5H,4H2,1-3H3,(H,9,12)(H,10,11)(H,13,14,15). The molecule has 0 bridgehead atoms. The molecular formula is C8H15NO7S. The second-order valence-electron chi connectivity index (χ2n) is 4.22. The van der Waals surface area contributed by atoms with Gasteiger partial charge in [-0.25, -0.2) is 4.79 Å². The molecule has 1 unspecified atom stereocenters. The van der Waals surface area contributed by atoms with Crippen molar-refractivity contribution in [1.82, 2.24) is 5.32 Å². The zero-order chi connectivity index (χ0) is 13.9. The number of alkyl carbamates (subject to hydrolysis) is 1. The van der Waals surface area contributed by atoms with Crippen LogP contribution in [0.4, 0.5) is 4.79 Å². The smallest absolute Gasteiger partial charge is 0.407 e. The van der Waals surface area contributed by atoms with Gasteiger partial charge in [-0.15, -0.1) is 0 Å². The van der Waals surface area contributed by atoms with Crippen LogP contribution in [-0.2, 0) is 19.6 Å². The normalized spacial score (nSPS) is 13.9. The van der Waals surface area contributed by atoms with Crippen LogP contribution in [-0.4, -0.2) is 47.5 Å². The third-order valence-electron chi connectivity index (χ3n) is 1.47. The fourth-order valence-electron chi connectivity index (χ4n) is 0.810.